The van der Waals surface area contributed by atoms with Crippen LogP contribution < -0.4 is 20.1 Å². The van der Waals surface area contributed by atoms with E-state index in [0.29, 0.717) is 18.9 Å². The van der Waals surface area contributed by atoms with Gasteiger partial charge in [0.2, 0.25) is 0 Å². The van der Waals surface area contributed by atoms with Crippen LogP contribution in [0.5, 0.6) is 5.75 Å². The average Bonchev–Trinajstić information content (AvgIpc) is 2.74. The van der Waals surface area contributed by atoms with Crippen molar-refractivity contribution in [2.75, 3.05) is 49.7 Å². The van der Waals surface area contributed by atoms with Crippen LogP contribution in [0.1, 0.15) is 22.8 Å². The molecule has 0 radical (unpaired) electrons. The molecule has 1 aliphatic rings. The van der Waals surface area contributed by atoms with Crippen molar-refractivity contribution in [2.24, 2.45) is 0 Å². The fraction of sp³-hybridized carbons (Fsp3) is 0.350. The van der Waals surface area contributed by atoms with E-state index >= 15 is 0 Å². The first-order valence-corrected chi connectivity index (χ1v) is 9.05. The van der Waals surface area contributed by atoms with Gasteiger partial charge in [-0.15, -0.1) is 0 Å². The quantitative estimate of drug-likeness (QED) is 0.787. The predicted octanol–water partition coefficient (Wildman–Crippen LogP) is 1.76. The molecule has 0 atom stereocenters. The van der Waals surface area contributed by atoms with Crippen molar-refractivity contribution in [3.8, 4) is 11.8 Å². The van der Waals surface area contributed by atoms with Crippen LogP contribution in [0, 0.1) is 11.3 Å². The molecule has 8 heteroatoms. The molecular weight excluding hydrogens is 360 g/mol. The Balaban J connectivity index is 1.76. The summed E-state index contributed by atoms with van der Waals surface area (Å²) in [6.45, 7) is 4.56. The first-order valence-electron chi connectivity index (χ1n) is 9.05. The van der Waals surface area contributed by atoms with Crippen LogP contribution in [0.15, 0.2) is 35.1 Å². The Hall–Kier alpha value is -3.47. The number of nitriles is 1. The molecule has 1 aromatic carbocycles. The van der Waals surface area contributed by atoms with Crippen molar-refractivity contribution in [2.45, 2.75) is 6.92 Å². The van der Waals surface area contributed by atoms with Gasteiger partial charge in [0.25, 0.3) is 5.56 Å². The topological polar surface area (TPSA) is 98.7 Å². The second-order valence-electron chi connectivity index (χ2n) is 6.28. The summed E-state index contributed by atoms with van der Waals surface area (Å²) in [4.78, 5) is 31.1. The van der Waals surface area contributed by atoms with Gasteiger partial charge in [-0.25, -0.2) is 4.79 Å². The Kier molecular flexibility index (Phi) is 5.84. The largest absolute Gasteiger partial charge is 0.497 e. The van der Waals surface area contributed by atoms with Gasteiger partial charge in [-0.05, 0) is 37.3 Å². The molecular formula is C20H22N4O4. The van der Waals surface area contributed by atoms with Crippen molar-refractivity contribution in [1.29, 1.82) is 5.26 Å². The third-order valence-corrected chi connectivity index (χ3v) is 4.67. The molecule has 1 saturated heterocycles. The van der Waals surface area contributed by atoms with Crippen molar-refractivity contribution >= 4 is 17.5 Å². The highest BCUT2D eigenvalue weighted by molar-refractivity contribution is 5.90. The van der Waals surface area contributed by atoms with Gasteiger partial charge < -0.3 is 24.3 Å². The number of piperazine rings is 1. The number of nitrogens with one attached hydrogen (secondary N) is 1. The summed E-state index contributed by atoms with van der Waals surface area (Å²) in [5.41, 5.74) is 0.636. The third kappa shape index (κ3) is 3.93. The van der Waals surface area contributed by atoms with Gasteiger partial charge in [-0.1, -0.05) is 0 Å². The maximum absolute atomic E-state index is 12.3. The van der Waals surface area contributed by atoms with E-state index < -0.39 is 11.5 Å². The molecule has 2 heterocycles. The fourth-order valence-corrected chi connectivity index (χ4v) is 3.20. The molecule has 0 saturated carbocycles. The molecule has 146 valence electrons. The molecule has 0 amide bonds. The minimum atomic E-state index is -0.726. The number of esters is 1. The number of hydrogen-bond donors (Lipinski definition) is 1. The molecule has 2 aromatic rings. The number of aromatic nitrogens is 1. The van der Waals surface area contributed by atoms with E-state index in [1.807, 2.05) is 29.2 Å². The highest BCUT2D eigenvalue weighted by Gasteiger charge is 2.23. The van der Waals surface area contributed by atoms with Crippen molar-refractivity contribution < 1.29 is 14.3 Å². The Morgan fingerprint density at radius 3 is 2.39 bits per heavy atom. The lowest BCUT2D eigenvalue weighted by Gasteiger charge is -2.37. The Morgan fingerprint density at radius 2 is 1.82 bits per heavy atom. The number of carbonyl (C=O) groups is 1. The number of benzene rings is 1. The van der Waals surface area contributed by atoms with Crippen LogP contribution in [0.2, 0.25) is 0 Å². The van der Waals surface area contributed by atoms with Gasteiger partial charge in [-0.3, -0.25) is 4.79 Å². The second kappa shape index (κ2) is 8.48. The number of ether oxygens (including phenoxy) is 2. The molecule has 0 spiro atoms. The summed E-state index contributed by atoms with van der Waals surface area (Å²) in [6.07, 6.45) is 0. The van der Waals surface area contributed by atoms with Crippen molar-refractivity contribution in [3.05, 3.63) is 51.8 Å². The monoisotopic (exact) mass is 382 g/mol. The van der Waals surface area contributed by atoms with Gasteiger partial charge in [0.05, 0.1) is 19.3 Å². The number of carbonyl (C=O) groups excluding carboxylic acids is 1. The molecule has 1 fully saturated rings. The van der Waals surface area contributed by atoms with Crippen LogP contribution in [0.25, 0.3) is 0 Å². The highest BCUT2D eigenvalue weighted by Crippen LogP contribution is 2.23. The van der Waals surface area contributed by atoms with Crippen LogP contribution in [0.4, 0.5) is 11.5 Å². The van der Waals surface area contributed by atoms with Crippen LogP contribution in [0.3, 0.4) is 0 Å². The molecule has 28 heavy (non-hydrogen) atoms. The fourth-order valence-electron chi connectivity index (χ4n) is 3.20. The number of methoxy groups -OCH3 is 1. The second-order valence-corrected chi connectivity index (χ2v) is 6.28. The Bertz CT molecular complexity index is 938. The van der Waals surface area contributed by atoms with Crippen molar-refractivity contribution in [1.82, 2.24) is 4.98 Å². The lowest BCUT2D eigenvalue weighted by atomic mass is 10.1. The summed E-state index contributed by atoms with van der Waals surface area (Å²) >= 11 is 0. The zero-order valence-corrected chi connectivity index (χ0v) is 15.9. The lowest BCUT2D eigenvalue weighted by Crippen LogP contribution is -2.47. The number of aromatic amines is 1. The Morgan fingerprint density at radius 1 is 1.18 bits per heavy atom. The first-order chi connectivity index (χ1) is 13.6. The predicted molar refractivity (Wildman–Crippen MR) is 105 cm³/mol. The molecule has 1 aliphatic heterocycles. The normalized spacial score (nSPS) is 13.8. The van der Waals surface area contributed by atoms with Gasteiger partial charge in [0.15, 0.2) is 0 Å². The van der Waals surface area contributed by atoms with Gasteiger partial charge >= 0.3 is 5.97 Å². The molecule has 0 bridgehead atoms. The Labute approximate surface area is 162 Å². The SMILES string of the molecule is CCOC(=O)c1cc(C#N)c(N2CCN(c3ccc(OC)cc3)CC2)[nH]c1=O. The van der Waals surface area contributed by atoms with Crippen LogP contribution in [-0.4, -0.2) is 50.8 Å². The number of H-pyrrole nitrogens is 1. The van der Waals surface area contributed by atoms with Crippen LogP contribution >= 0.6 is 0 Å². The molecule has 3 rings (SSSR count). The smallest absolute Gasteiger partial charge is 0.343 e. The highest BCUT2D eigenvalue weighted by atomic mass is 16.5. The summed E-state index contributed by atoms with van der Waals surface area (Å²) in [7, 11) is 1.63. The minimum absolute atomic E-state index is 0.154. The summed E-state index contributed by atoms with van der Waals surface area (Å²) in [6, 6.07) is 11.2. The average molecular weight is 382 g/mol. The number of anilines is 2. The van der Waals surface area contributed by atoms with E-state index in [2.05, 4.69) is 16.0 Å². The first kappa shape index (κ1) is 19.3. The third-order valence-electron chi connectivity index (χ3n) is 4.67. The van der Waals surface area contributed by atoms with Gasteiger partial charge in [0.1, 0.15) is 23.2 Å². The lowest BCUT2D eigenvalue weighted by molar-refractivity contribution is 0.0524. The zero-order chi connectivity index (χ0) is 20.1. The molecule has 8 nitrogen and oxygen atoms in total. The van der Waals surface area contributed by atoms with E-state index in [-0.39, 0.29) is 17.7 Å². The maximum atomic E-state index is 12.3. The summed E-state index contributed by atoms with van der Waals surface area (Å²) in [5, 5.41) is 9.48. The van der Waals surface area contributed by atoms with Crippen LogP contribution in [-0.2, 0) is 4.74 Å². The maximum Gasteiger partial charge on any atom is 0.343 e. The van der Waals surface area contributed by atoms with E-state index in [4.69, 9.17) is 9.47 Å². The number of rotatable bonds is 5. The van der Waals surface area contributed by atoms with E-state index in [9.17, 15) is 14.9 Å². The van der Waals surface area contributed by atoms with Gasteiger partial charge in [0, 0.05) is 31.9 Å². The number of hydrogen-bond acceptors (Lipinski definition) is 7. The molecule has 1 aromatic heterocycles. The molecule has 0 aliphatic carbocycles. The summed E-state index contributed by atoms with van der Waals surface area (Å²) < 4.78 is 10.1. The standard InChI is InChI=1S/C20H22N4O4/c1-3-28-20(26)17-12-14(13-21)18(22-19(17)25)24-10-8-23(9-11-24)15-4-6-16(27-2)7-5-15/h4-7,12H,3,8-11H2,1-2H3,(H,22,25). The number of nitrogens with zero attached hydrogens (tertiary/aromatic N) is 3. The zero-order valence-electron chi connectivity index (χ0n) is 15.9. The van der Waals surface area contributed by atoms with E-state index in [1.54, 1.807) is 14.0 Å². The van der Waals surface area contributed by atoms with E-state index in [1.165, 1.54) is 6.07 Å². The van der Waals surface area contributed by atoms with Gasteiger partial charge in [-0.2, -0.15) is 5.26 Å². The molecule has 1 N–H and O–H groups in total. The minimum Gasteiger partial charge on any atom is -0.497 e. The summed E-state index contributed by atoms with van der Waals surface area (Å²) in [5.74, 6) is 0.520. The van der Waals surface area contributed by atoms with Crippen molar-refractivity contribution in [3.63, 3.8) is 0 Å². The number of pyridine rings is 1. The molecule has 0 unspecified atom stereocenters. The van der Waals surface area contributed by atoms with E-state index in [0.717, 1.165) is 24.5 Å².